The van der Waals surface area contributed by atoms with E-state index in [1.165, 1.54) is 10.4 Å². The zero-order chi connectivity index (χ0) is 15.5. The standard InChI is InChI=1S/C17H21N3OS/c1-12-3-4-14(10-18-12)17(21)19-9-13(2)20-7-5-16-15(11-20)6-8-22-16/h3-4,6,8,10,13H,5,7,9,11H2,1-2H3,(H,19,21)/t13-/m0/s1. The van der Waals surface area contributed by atoms with Gasteiger partial charge in [0.05, 0.1) is 5.56 Å². The van der Waals surface area contributed by atoms with Gasteiger partial charge in [0.25, 0.3) is 5.91 Å². The van der Waals surface area contributed by atoms with Gasteiger partial charge in [-0.05, 0) is 49.4 Å². The van der Waals surface area contributed by atoms with Gasteiger partial charge in [-0.1, -0.05) is 0 Å². The van der Waals surface area contributed by atoms with Crippen LogP contribution < -0.4 is 5.32 Å². The molecule has 0 fully saturated rings. The Morgan fingerprint density at radius 3 is 3.09 bits per heavy atom. The molecule has 0 saturated heterocycles. The van der Waals surface area contributed by atoms with E-state index in [1.807, 2.05) is 30.4 Å². The molecule has 0 radical (unpaired) electrons. The van der Waals surface area contributed by atoms with Crippen molar-refractivity contribution < 1.29 is 4.79 Å². The van der Waals surface area contributed by atoms with Crippen LogP contribution in [-0.4, -0.2) is 34.9 Å². The number of thiophene rings is 1. The fraction of sp³-hybridized carbons (Fsp3) is 0.412. The van der Waals surface area contributed by atoms with Gasteiger partial charge in [-0.15, -0.1) is 11.3 Å². The van der Waals surface area contributed by atoms with E-state index < -0.39 is 0 Å². The van der Waals surface area contributed by atoms with Gasteiger partial charge in [0, 0.05) is 42.4 Å². The maximum atomic E-state index is 12.1. The molecular weight excluding hydrogens is 294 g/mol. The number of carbonyl (C=O) groups is 1. The molecule has 3 heterocycles. The molecule has 1 N–H and O–H groups in total. The van der Waals surface area contributed by atoms with Crippen molar-refractivity contribution in [1.29, 1.82) is 0 Å². The van der Waals surface area contributed by atoms with Crippen molar-refractivity contribution in [1.82, 2.24) is 15.2 Å². The normalized spacial score (nSPS) is 16.1. The molecule has 4 nitrogen and oxygen atoms in total. The maximum Gasteiger partial charge on any atom is 0.252 e. The van der Waals surface area contributed by atoms with Crippen LogP contribution in [-0.2, 0) is 13.0 Å². The quantitative estimate of drug-likeness (QED) is 0.943. The lowest BCUT2D eigenvalue weighted by Crippen LogP contribution is -2.44. The third kappa shape index (κ3) is 3.36. The highest BCUT2D eigenvalue weighted by Gasteiger charge is 2.21. The maximum absolute atomic E-state index is 12.1. The lowest BCUT2D eigenvalue weighted by atomic mass is 10.1. The van der Waals surface area contributed by atoms with E-state index in [4.69, 9.17) is 0 Å². The van der Waals surface area contributed by atoms with Crippen molar-refractivity contribution in [2.75, 3.05) is 13.1 Å². The summed E-state index contributed by atoms with van der Waals surface area (Å²) >= 11 is 1.85. The number of aryl methyl sites for hydroxylation is 1. The first-order chi connectivity index (χ1) is 10.6. The number of pyridine rings is 1. The summed E-state index contributed by atoms with van der Waals surface area (Å²) in [7, 11) is 0. The van der Waals surface area contributed by atoms with Crippen LogP contribution in [0.3, 0.4) is 0 Å². The van der Waals surface area contributed by atoms with Gasteiger partial charge >= 0.3 is 0 Å². The Labute approximate surface area is 135 Å². The van der Waals surface area contributed by atoms with Gasteiger partial charge in [-0.2, -0.15) is 0 Å². The Bertz CT molecular complexity index is 650. The number of nitrogens with one attached hydrogen (secondary N) is 1. The molecule has 22 heavy (non-hydrogen) atoms. The molecule has 1 aliphatic heterocycles. The van der Waals surface area contributed by atoms with Gasteiger partial charge in [0.2, 0.25) is 0 Å². The molecule has 0 aromatic carbocycles. The topological polar surface area (TPSA) is 45.2 Å². The molecule has 0 aliphatic carbocycles. The first kappa shape index (κ1) is 15.2. The van der Waals surface area contributed by atoms with Crippen LogP contribution in [0.1, 0.15) is 33.4 Å². The number of nitrogens with zero attached hydrogens (tertiary/aromatic N) is 2. The van der Waals surface area contributed by atoms with Gasteiger partial charge in [-0.25, -0.2) is 0 Å². The predicted molar refractivity (Wildman–Crippen MR) is 89.2 cm³/mol. The number of carbonyl (C=O) groups excluding carboxylic acids is 1. The molecule has 0 unspecified atom stereocenters. The Kier molecular flexibility index (Phi) is 4.55. The molecule has 1 amide bonds. The SMILES string of the molecule is Cc1ccc(C(=O)NC[C@H](C)N2CCc3sccc3C2)cn1. The molecule has 5 heteroatoms. The zero-order valence-electron chi connectivity index (χ0n) is 13.0. The molecule has 2 aromatic heterocycles. The largest absolute Gasteiger partial charge is 0.350 e. The smallest absolute Gasteiger partial charge is 0.252 e. The van der Waals surface area contributed by atoms with E-state index in [9.17, 15) is 4.79 Å². The fourth-order valence-corrected chi connectivity index (χ4v) is 3.61. The number of hydrogen-bond acceptors (Lipinski definition) is 4. The molecule has 1 aliphatic rings. The van der Waals surface area contributed by atoms with E-state index >= 15 is 0 Å². The first-order valence-corrected chi connectivity index (χ1v) is 8.51. The number of aromatic nitrogens is 1. The highest BCUT2D eigenvalue weighted by Crippen LogP contribution is 2.24. The van der Waals surface area contributed by atoms with E-state index in [-0.39, 0.29) is 5.91 Å². The van der Waals surface area contributed by atoms with Crippen molar-refractivity contribution in [3.63, 3.8) is 0 Å². The summed E-state index contributed by atoms with van der Waals surface area (Å²) < 4.78 is 0. The summed E-state index contributed by atoms with van der Waals surface area (Å²) in [5.41, 5.74) is 2.98. The molecular formula is C17H21N3OS. The van der Waals surface area contributed by atoms with Crippen molar-refractivity contribution in [3.05, 3.63) is 51.5 Å². The summed E-state index contributed by atoms with van der Waals surface area (Å²) in [5.74, 6) is -0.0485. The average molecular weight is 315 g/mol. The monoisotopic (exact) mass is 315 g/mol. The van der Waals surface area contributed by atoms with Crippen molar-refractivity contribution in [2.24, 2.45) is 0 Å². The molecule has 116 valence electrons. The van der Waals surface area contributed by atoms with E-state index in [0.717, 1.165) is 25.2 Å². The zero-order valence-corrected chi connectivity index (χ0v) is 13.8. The first-order valence-electron chi connectivity index (χ1n) is 7.63. The molecule has 0 bridgehead atoms. The Hall–Kier alpha value is -1.72. The van der Waals surface area contributed by atoms with Gasteiger partial charge in [0.1, 0.15) is 0 Å². The minimum atomic E-state index is -0.0485. The van der Waals surface area contributed by atoms with Crippen LogP contribution >= 0.6 is 11.3 Å². The van der Waals surface area contributed by atoms with Gasteiger partial charge in [-0.3, -0.25) is 14.7 Å². The second-order valence-electron chi connectivity index (χ2n) is 5.84. The molecule has 0 saturated carbocycles. The number of hydrogen-bond donors (Lipinski definition) is 1. The van der Waals surface area contributed by atoms with Crippen LogP contribution in [0.15, 0.2) is 29.8 Å². The lowest BCUT2D eigenvalue weighted by Gasteiger charge is -2.32. The van der Waals surface area contributed by atoms with Crippen LogP contribution in [0.25, 0.3) is 0 Å². The summed E-state index contributed by atoms with van der Waals surface area (Å²) in [5, 5.41) is 5.19. The van der Waals surface area contributed by atoms with Crippen LogP contribution in [0.5, 0.6) is 0 Å². The molecule has 0 spiro atoms. The predicted octanol–water partition coefficient (Wildman–Crippen LogP) is 2.63. The number of amides is 1. The van der Waals surface area contributed by atoms with E-state index in [1.54, 1.807) is 6.20 Å². The highest BCUT2D eigenvalue weighted by molar-refractivity contribution is 7.10. The van der Waals surface area contributed by atoms with Gasteiger partial charge in [0.15, 0.2) is 0 Å². The molecule has 1 atom stereocenters. The Morgan fingerprint density at radius 1 is 1.45 bits per heavy atom. The third-order valence-electron chi connectivity index (χ3n) is 4.19. The average Bonchev–Trinajstić information content (AvgIpc) is 3.00. The highest BCUT2D eigenvalue weighted by atomic mass is 32.1. The van der Waals surface area contributed by atoms with Crippen molar-refractivity contribution in [3.8, 4) is 0 Å². The summed E-state index contributed by atoms with van der Waals surface area (Å²) in [6.07, 6.45) is 2.75. The third-order valence-corrected chi connectivity index (χ3v) is 5.22. The summed E-state index contributed by atoms with van der Waals surface area (Å²) in [4.78, 5) is 20.2. The van der Waals surface area contributed by atoms with Crippen LogP contribution in [0.2, 0.25) is 0 Å². The second kappa shape index (κ2) is 6.58. The van der Waals surface area contributed by atoms with E-state index in [2.05, 4.69) is 33.6 Å². The Morgan fingerprint density at radius 2 is 2.32 bits per heavy atom. The Balaban J connectivity index is 1.53. The van der Waals surface area contributed by atoms with Gasteiger partial charge < -0.3 is 5.32 Å². The lowest BCUT2D eigenvalue weighted by molar-refractivity contribution is 0.0932. The second-order valence-corrected chi connectivity index (χ2v) is 6.84. The fourth-order valence-electron chi connectivity index (χ4n) is 2.72. The van der Waals surface area contributed by atoms with Crippen molar-refractivity contribution in [2.45, 2.75) is 32.9 Å². The van der Waals surface area contributed by atoms with Crippen molar-refractivity contribution >= 4 is 17.2 Å². The minimum Gasteiger partial charge on any atom is -0.350 e. The minimum absolute atomic E-state index is 0.0485. The van der Waals surface area contributed by atoms with E-state index in [0.29, 0.717) is 18.2 Å². The summed E-state index contributed by atoms with van der Waals surface area (Å²) in [6.45, 7) is 6.80. The summed E-state index contributed by atoms with van der Waals surface area (Å²) in [6, 6.07) is 6.23. The van der Waals surface area contributed by atoms with Crippen LogP contribution in [0.4, 0.5) is 0 Å². The van der Waals surface area contributed by atoms with Crippen LogP contribution in [0, 0.1) is 6.92 Å². The molecule has 3 rings (SSSR count). The number of rotatable bonds is 4. The molecule has 2 aromatic rings. The number of fused-ring (bicyclic) bond motifs is 1.